The Balaban J connectivity index is 1.62. The van der Waals surface area contributed by atoms with Crippen LogP contribution in [-0.4, -0.2) is 62.8 Å². The Labute approximate surface area is 142 Å². The molecule has 2 N–H and O–H groups in total. The van der Waals surface area contributed by atoms with Gasteiger partial charge in [-0.25, -0.2) is 0 Å². The zero-order valence-corrected chi connectivity index (χ0v) is 15.1. The fraction of sp³-hybridized carbons (Fsp3) is 0.944. The first-order valence-electron chi connectivity index (χ1n) is 9.67. The van der Waals surface area contributed by atoms with E-state index in [0.29, 0.717) is 0 Å². The minimum absolute atomic E-state index is 0.769. The van der Waals surface area contributed by atoms with E-state index in [2.05, 4.69) is 29.4 Å². The largest absolute Gasteiger partial charge is 0.379 e. The third-order valence-corrected chi connectivity index (χ3v) is 4.81. The fourth-order valence-corrected chi connectivity index (χ4v) is 3.22. The molecule has 0 spiro atoms. The number of nitrogens with zero attached hydrogens (tertiary/aromatic N) is 2. The first-order chi connectivity index (χ1) is 11.3. The van der Waals surface area contributed by atoms with Crippen molar-refractivity contribution < 1.29 is 4.74 Å². The molecule has 1 unspecified atom stereocenters. The molecule has 2 rings (SSSR count). The molecule has 0 amide bonds. The summed E-state index contributed by atoms with van der Waals surface area (Å²) in [4.78, 5) is 7.34. The summed E-state index contributed by atoms with van der Waals surface area (Å²) in [6, 6.07) is 0.769. The lowest BCUT2D eigenvalue weighted by Gasteiger charge is -2.34. The van der Waals surface area contributed by atoms with E-state index < -0.39 is 0 Å². The van der Waals surface area contributed by atoms with Crippen LogP contribution in [0.2, 0.25) is 0 Å². The van der Waals surface area contributed by atoms with Crippen LogP contribution in [0.1, 0.15) is 52.4 Å². The van der Waals surface area contributed by atoms with Crippen molar-refractivity contribution >= 4 is 5.96 Å². The Morgan fingerprint density at radius 2 is 2.04 bits per heavy atom. The van der Waals surface area contributed by atoms with Crippen molar-refractivity contribution in [3.05, 3.63) is 0 Å². The monoisotopic (exact) mass is 324 g/mol. The van der Waals surface area contributed by atoms with Crippen LogP contribution >= 0.6 is 0 Å². The van der Waals surface area contributed by atoms with Gasteiger partial charge in [-0.2, -0.15) is 0 Å². The Hall–Kier alpha value is -0.810. The van der Waals surface area contributed by atoms with Gasteiger partial charge in [0, 0.05) is 32.3 Å². The topological polar surface area (TPSA) is 48.9 Å². The lowest BCUT2D eigenvalue weighted by molar-refractivity contribution is 0.129. The van der Waals surface area contributed by atoms with E-state index in [1.54, 1.807) is 0 Å². The van der Waals surface area contributed by atoms with Crippen molar-refractivity contribution in [2.75, 3.05) is 45.9 Å². The van der Waals surface area contributed by atoms with Crippen LogP contribution < -0.4 is 10.6 Å². The maximum absolute atomic E-state index is 5.66. The summed E-state index contributed by atoms with van der Waals surface area (Å²) in [6.07, 6.45) is 8.07. The molecule has 1 atom stereocenters. The number of hydrogen-bond acceptors (Lipinski definition) is 3. The Morgan fingerprint density at radius 1 is 1.17 bits per heavy atom. The van der Waals surface area contributed by atoms with Crippen LogP contribution in [0.15, 0.2) is 4.99 Å². The van der Waals surface area contributed by atoms with Crippen molar-refractivity contribution in [1.29, 1.82) is 0 Å². The van der Waals surface area contributed by atoms with Gasteiger partial charge in [0.25, 0.3) is 0 Å². The first-order valence-corrected chi connectivity index (χ1v) is 9.67. The minimum atomic E-state index is 0.769. The Morgan fingerprint density at radius 3 is 2.78 bits per heavy atom. The molecule has 1 saturated heterocycles. The summed E-state index contributed by atoms with van der Waals surface area (Å²) in [7, 11) is 0. The second-order valence-electron chi connectivity index (χ2n) is 6.80. The average molecular weight is 325 g/mol. The molecule has 5 nitrogen and oxygen atoms in total. The molecule has 5 heteroatoms. The molecule has 0 bridgehead atoms. The third kappa shape index (κ3) is 7.53. The average Bonchev–Trinajstić information content (AvgIpc) is 3.39. The highest BCUT2D eigenvalue weighted by molar-refractivity contribution is 5.79. The van der Waals surface area contributed by atoms with E-state index >= 15 is 0 Å². The third-order valence-electron chi connectivity index (χ3n) is 4.81. The predicted molar refractivity (Wildman–Crippen MR) is 97.0 cm³/mol. The highest BCUT2D eigenvalue weighted by Crippen LogP contribution is 2.28. The van der Waals surface area contributed by atoms with Crippen molar-refractivity contribution in [1.82, 2.24) is 15.5 Å². The number of nitrogens with one attached hydrogen (secondary N) is 2. The predicted octanol–water partition coefficient (Wildman–Crippen LogP) is 2.23. The van der Waals surface area contributed by atoms with Crippen LogP contribution in [0.25, 0.3) is 0 Å². The van der Waals surface area contributed by atoms with Gasteiger partial charge >= 0.3 is 0 Å². The van der Waals surface area contributed by atoms with Gasteiger partial charge in [0.2, 0.25) is 0 Å². The second-order valence-corrected chi connectivity index (χ2v) is 6.80. The zero-order chi connectivity index (χ0) is 16.3. The molecular formula is C18H36N4O. The summed E-state index contributed by atoms with van der Waals surface area (Å²) in [5, 5.41) is 6.70. The summed E-state index contributed by atoms with van der Waals surface area (Å²) < 4.78 is 5.66. The van der Waals surface area contributed by atoms with Gasteiger partial charge in [-0.1, -0.05) is 13.3 Å². The molecule has 0 aromatic carbocycles. The number of guanidine groups is 1. The van der Waals surface area contributed by atoms with Crippen molar-refractivity contribution in [3.8, 4) is 0 Å². The number of rotatable bonds is 10. The highest BCUT2D eigenvalue weighted by atomic mass is 16.5. The van der Waals surface area contributed by atoms with E-state index in [1.807, 2.05) is 0 Å². The Kier molecular flexibility index (Phi) is 8.76. The summed E-state index contributed by atoms with van der Waals surface area (Å²) >= 11 is 0. The van der Waals surface area contributed by atoms with Crippen LogP contribution in [0.4, 0.5) is 0 Å². The smallest absolute Gasteiger partial charge is 0.191 e. The number of aliphatic imine (C=N–C) groups is 1. The van der Waals surface area contributed by atoms with Gasteiger partial charge in [0.1, 0.15) is 0 Å². The lowest BCUT2D eigenvalue weighted by atomic mass is 10.0. The van der Waals surface area contributed by atoms with Gasteiger partial charge in [-0.3, -0.25) is 9.89 Å². The van der Waals surface area contributed by atoms with Crippen LogP contribution in [0.3, 0.4) is 0 Å². The standard InChI is InChI=1S/C18H36N4O/c1-3-17-7-5-6-12-22(17)13-10-20-18(19-4-2)21-11-14-23-15-16-8-9-16/h16-17H,3-15H2,1-2H3,(H2,19,20,21). The highest BCUT2D eigenvalue weighted by Gasteiger charge is 2.21. The molecule has 0 aromatic heterocycles. The normalized spacial score (nSPS) is 23.0. The quantitative estimate of drug-likeness (QED) is 0.368. The van der Waals surface area contributed by atoms with Crippen molar-refractivity contribution in [2.24, 2.45) is 10.9 Å². The molecule has 1 aliphatic carbocycles. The molecule has 2 aliphatic rings. The zero-order valence-electron chi connectivity index (χ0n) is 15.1. The molecule has 1 heterocycles. The number of hydrogen-bond donors (Lipinski definition) is 2. The summed E-state index contributed by atoms with van der Waals surface area (Å²) in [5.74, 6) is 1.76. The molecule has 0 aromatic rings. The number of ether oxygens (including phenoxy) is 1. The lowest BCUT2D eigenvalue weighted by Crippen LogP contribution is -2.42. The Bertz CT molecular complexity index is 344. The maximum Gasteiger partial charge on any atom is 0.191 e. The van der Waals surface area contributed by atoms with Gasteiger partial charge in [0.05, 0.1) is 13.2 Å². The first kappa shape index (κ1) is 18.5. The van der Waals surface area contributed by atoms with Crippen LogP contribution in [0.5, 0.6) is 0 Å². The summed E-state index contributed by atoms with van der Waals surface area (Å²) in [6.45, 7) is 11.0. The summed E-state index contributed by atoms with van der Waals surface area (Å²) in [5.41, 5.74) is 0. The second kappa shape index (κ2) is 10.9. The molecular weight excluding hydrogens is 288 g/mol. The number of likely N-dealkylation sites (tertiary alicyclic amines) is 1. The van der Waals surface area contributed by atoms with E-state index in [1.165, 1.54) is 45.1 Å². The van der Waals surface area contributed by atoms with E-state index in [4.69, 9.17) is 9.73 Å². The molecule has 1 aliphatic heterocycles. The van der Waals surface area contributed by atoms with Gasteiger partial charge < -0.3 is 15.4 Å². The van der Waals surface area contributed by atoms with Crippen molar-refractivity contribution in [3.63, 3.8) is 0 Å². The molecule has 2 fully saturated rings. The van der Waals surface area contributed by atoms with Gasteiger partial charge in [-0.05, 0) is 51.5 Å². The van der Waals surface area contributed by atoms with Gasteiger partial charge in [0.15, 0.2) is 5.96 Å². The SMILES string of the molecule is CCNC(=NCCN1CCCCC1CC)NCCOCC1CC1. The molecule has 0 radical (unpaired) electrons. The van der Waals surface area contributed by atoms with Gasteiger partial charge in [-0.15, -0.1) is 0 Å². The molecule has 134 valence electrons. The molecule has 23 heavy (non-hydrogen) atoms. The molecule has 1 saturated carbocycles. The maximum atomic E-state index is 5.66. The van der Waals surface area contributed by atoms with Crippen LogP contribution in [0, 0.1) is 5.92 Å². The van der Waals surface area contributed by atoms with E-state index in [-0.39, 0.29) is 0 Å². The fourth-order valence-electron chi connectivity index (χ4n) is 3.22. The van der Waals surface area contributed by atoms with E-state index in [0.717, 1.165) is 57.3 Å². The van der Waals surface area contributed by atoms with E-state index in [9.17, 15) is 0 Å². The number of piperidine rings is 1. The van der Waals surface area contributed by atoms with Crippen LogP contribution in [-0.2, 0) is 4.74 Å². The minimum Gasteiger partial charge on any atom is -0.379 e. The van der Waals surface area contributed by atoms with Crippen molar-refractivity contribution in [2.45, 2.75) is 58.4 Å².